The molecule has 122 valence electrons. The van der Waals surface area contributed by atoms with Gasteiger partial charge in [-0.2, -0.15) is 0 Å². The van der Waals surface area contributed by atoms with Gasteiger partial charge in [-0.3, -0.25) is 9.52 Å². The molecule has 0 aromatic heterocycles. The molecule has 0 bridgehead atoms. The number of anilines is 2. The maximum Gasteiger partial charge on any atom is 0.262 e. The lowest BCUT2D eigenvalue weighted by atomic mass is 10.2. The topological polar surface area (TPSA) is 75.3 Å². The number of nitrogens with one attached hydrogen (secondary N) is 2. The number of hydrogen-bond acceptors (Lipinski definition) is 3. The third-order valence-electron chi connectivity index (χ3n) is 3.31. The molecule has 2 aromatic rings. The van der Waals surface area contributed by atoms with Crippen LogP contribution in [0.15, 0.2) is 41.3 Å². The summed E-state index contributed by atoms with van der Waals surface area (Å²) < 4.78 is 27.8. The number of rotatable bonds is 4. The maximum atomic E-state index is 12.6. The van der Waals surface area contributed by atoms with Crippen LogP contribution in [0.5, 0.6) is 0 Å². The summed E-state index contributed by atoms with van der Waals surface area (Å²) in [6.45, 7) is 4.82. The van der Waals surface area contributed by atoms with E-state index in [0.717, 1.165) is 5.56 Å². The van der Waals surface area contributed by atoms with Crippen molar-refractivity contribution < 1.29 is 13.2 Å². The average molecular weight is 353 g/mol. The van der Waals surface area contributed by atoms with Gasteiger partial charge in [-0.05, 0) is 49.2 Å². The van der Waals surface area contributed by atoms with Gasteiger partial charge in [-0.25, -0.2) is 8.42 Å². The molecule has 2 N–H and O–H groups in total. The number of benzene rings is 2. The first-order chi connectivity index (χ1) is 10.7. The molecule has 0 heterocycles. The largest absolute Gasteiger partial charge is 0.326 e. The number of sulfonamides is 1. The van der Waals surface area contributed by atoms with Crippen LogP contribution in [-0.2, 0) is 14.8 Å². The van der Waals surface area contributed by atoms with E-state index in [0.29, 0.717) is 22.0 Å². The van der Waals surface area contributed by atoms with Crippen molar-refractivity contribution in [1.29, 1.82) is 0 Å². The van der Waals surface area contributed by atoms with Crippen LogP contribution in [0.2, 0.25) is 5.02 Å². The van der Waals surface area contributed by atoms with Crippen LogP contribution in [-0.4, -0.2) is 14.3 Å². The number of halogens is 1. The first kappa shape index (κ1) is 17.3. The van der Waals surface area contributed by atoms with Gasteiger partial charge < -0.3 is 5.32 Å². The number of hydrogen-bond donors (Lipinski definition) is 2. The molecular formula is C16H17ClN2O3S. The lowest BCUT2D eigenvalue weighted by Gasteiger charge is -2.14. The summed E-state index contributed by atoms with van der Waals surface area (Å²) in [4.78, 5) is 11.3. The van der Waals surface area contributed by atoms with Crippen LogP contribution in [0.4, 0.5) is 11.4 Å². The number of carbonyl (C=O) groups excluding carboxylic acids is 1. The number of carbonyl (C=O) groups is 1. The maximum absolute atomic E-state index is 12.6. The molecular weight excluding hydrogens is 336 g/mol. The Morgan fingerprint density at radius 2 is 1.83 bits per heavy atom. The van der Waals surface area contributed by atoms with E-state index in [1.54, 1.807) is 44.2 Å². The summed E-state index contributed by atoms with van der Waals surface area (Å²) in [5, 5.41) is 3.01. The Kier molecular flexibility index (Phi) is 4.97. The van der Waals surface area contributed by atoms with Gasteiger partial charge in [-0.1, -0.05) is 23.7 Å². The number of amides is 1. The molecule has 7 heteroatoms. The molecule has 0 unspecified atom stereocenters. The monoisotopic (exact) mass is 352 g/mol. The first-order valence-electron chi connectivity index (χ1n) is 6.87. The Hall–Kier alpha value is -2.05. The standard InChI is InChI=1S/C16H17ClN2O3S/c1-10-7-8-13(18-12(3)20)9-15(10)19-23(21,22)16-6-4-5-14(17)11(16)2/h4-9,19H,1-3H3,(H,18,20). The van der Waals surface area contributed by atoms with E-state index in [1.807, 2.05) is 0 Å². The van der Waals surface area contributed by atoms with Crippen molar-refractivity contribution in [3.05, 3.63) is 52.5 Å². The first-order valence-corrected chi connectivity index (χ1v) is 8.73. The van der Waals surface area contributed by atoms with Crippen LogP contribution in [0, 0.1) is 13.8 Å². The zero-order chi connectivity index (χ0) is 17.2. The van der Waals surface area contributed by atoms with Crippen molar-refractivity contribution in [2.24, 2.45) is 0 Å². The molecule has 0 spiro atoms. The summed E-state index contributed by atoms with van der Waals surface area (Å²) in [5.41, 5.74) is 2.14. The Balaban J connectivity index is 2.41. The van der Waals surface area contributed by atoms with Crippen LogP contribution in [0.3, 0.4) is 0 Å². The lowest BCUT2D eigenvalue weighted by molar-refractivity contribution is -0.114. The zero-order valence-corrected chi connectivity index (χ0v) is 14.5. The molecule has 0 atom stereocenters. The molecule has 2 rings (SSSR count). The third-order valence-corrected chi connectivity index (χ3v) is 5.23. The Morgan fingerprint density at radius 3 is 2.48 bits per heavy atom. The quantitative estimate of drug-likeness (QED) is 0.880. The highest BCUT2D eigenvalue weighted by molar-refractivity contribution is 7.92. The van der Waals surface area contributed by atoms with Crippen LogP contribution in [0.25, 0.3) is 0 Å². The second-order valence-corrected chi connectivity index (χ2v) is 7.24. The summed E-state index contributed by atoms with van der Waals surface area (Å²) >= 11 is 6.00. The van der Waals surface area contributed by atoms with Crippen molar-refractivity contribution in [3.63, 3.8) is 0 Å². The van der Waals surface area contributed by atoms with E-state index in [4.69, 9.17) is 11.6 Å². The van der Waals surface area contributed by atoms with Gasteiger partial charge in [0.2, 0.25) is 5.91 Å². The minimum atomic E-state index is -3.78. The van der Waals surface area contributed by atoms with E-state index < -0.39 is 10.0 Å². The molecule has 0 aliphatic carbocycles. The minimum Gasteiger partial charge on any atom is -0.326 e. The molecule has 2 aromatic carbocycles. The van der Waals surface area contributed by atoms with Gasteiger partial charge in [0.15, 0.2) is 0 Å². The average Bonchev–Trinajstić information content (AvgIpc) is 2.44. The van der Waals surface area contributed by atoms with Crippen molar-refractivity contribution in [2.75, 3.05) is 10.0 Å². The van der Waals surface area contributed by atoms with Crippen LogP contribution < -0.4 is 10.0 Å². The van der Waals surface area contributed by atoms with E-state index in [2.05, 4.69) is 10.0 Å². The van der Waals surface area contributed by atoms with Gasteiger partial charge >= 0.3 is 0 Å². The molecule has 0 fully saturated rings. The summed E-state index contributed by atoms with van der Waals surface area (Å²) in [6, 6.07) is 9.74. The smallest absolute Gasteiger partial charge is 0.262 e. The van der Waals surface area contributed by atoms with Crippen LogP contribution >= 0.6 is 11.6 Å². The molecule has 1 amide bonds. The summed E-state index contributed by atoms with van der Waals surface area (Å²) in [5.74, 6) is -0.228. The highest BCUT2D eigenvalue weighted by atomic mass is 35.5. The molecule has 23 heavy (non-hydrogen) atoms. The van der Waals surface area contributed by atoms with Crippen molar-refractivity contribution in [3.8, 4) is 0 Å². The van der Waals surface area contributed by atoms with Gasteiger partial charge in [-0.15, -0.1) is 0 Å². The third kappa shape index (κ3) is 4.03. The second kappa shape index (κ2) is 6.60. The van der Waals surface area contributed by atoms with E-state index in [-0.39, 0.29) is 10.8 Å². The van der Waals surface area contributed by atoms with Crippen LogP contribution in [0.1, 0.15) is 18.1 Å². The fourth-order valence-corrected chi connectivity index (χ4v) is 3.71. The van der Waals surface area contributed by atoms with Crippen molar-refractivity contribution in [1.82, 2.24) is 0 Å². The van der Waals surface area contributed by atoms with Gasteiger partial charge in [0.25, 0.3) is 10.0 Å². The Morgan fingerprint density at radius 1 is 1.13 bits per heavy atom. The molecule has 0 aliphatic heterocycles. The Labute approximate surface area is 140 Å². The normalized spacial score (nSPS) is 11.1. The summed E-state index contributed by atoms with van der Waals surface area (Å²) in [6.07, 6.45) is 0. The molecule has 0 saturated carbocycles. The van der Waals surface area contributed by atoms with E-state index in [9.17, 15) is 13.2 Å². The van der Waals surface area contributed by atoms with E-state index in [1.165, 1.54) is 13.0 Å². The molecule has 5 nitrogen and oxygen atoms in total. The van der Waals surface area contributed by atoms with Gasteiger partial charge in [0.05, 0.1) is 10.6 Å². The minimum absolute atomic E-state index is 0.120. The van der Waals surface area contributed by atoms with Gasteiger partial charge in [0.1, 0.15) is 0 Å². The predicted octanol–water partition coefficient (Wildman–Crippen LogP) is 3.72. The SMILES string of the molecule is CC(=O)Nc1ccc(C)c(NS(=O)(=O)c2cccc(Cl)c2C)c1. The molecule has 0 saturated heterocycles. The predicted molar refractivity (Wildman–Crippen MR) is 92.5 cm³/mol. The molecule has 0 radical (unpaired) electrons. The lowest BCUT2D eigenvalue weighted by Crippen LogP contribution is -2.15. The Bertz CT molecular complexity index is 864. The molecule has 0 aliphatic rings. The zero-order valence-electron chi connectivity index (χ0n) is 13.0. The van der Waals surface area contributed by atoms with Gasteiger partial charge in [0, 0.05) is 17.6 Å². The van der Waals surface area contributed by atoms with E-state index >= 15 is 0 Å². The van der Waals surface area contributed by atoms with Crippen molar-refractivity contribution in [2.45, 2.75) is 25.7 Å². The number of aryl methyl sites for hydroxylation is 1. The fraction of sp³-hybridized carbons (Fsp3) is 0.188. The van der Waals surface area contributed by atoms with Crippen molar-refractivity contribution >= 4 is 38.9 Å². The fourth-order valence-electron chi connectivity index (χ4n) is 2.09. The highest BCUT2D eigenvalue weighted by Crippen LogP contribution is 2.27. The highest BCUT2D eigenvalue weighted by Gasteiger charge is 2.19. The second-order valence-electron chi connectivity index (χ2n) is 5.18. The summed E-state index contributed by atoms with van der Waals surface area (Å²) in [7, 11) is -3.78.